The zero-order valence-corrected chi connectivity index (χ0v) is 10.4. The minimum Gasteiger partial charge on any atom is -0.0797 e. The van der Waals surface area contributed by atoms with Crippen LogP contribution in [0, 0.1) is 11.3 Å². The van der Waals surface area contributed by atoms with E-state index >= 15 is 0 Å². The number of hydrogen-bond donors (Lipinski definition) is 0. The monoisotopic (exact) mass is 194 g/mol. The SMILES string of the molecule is CC/C(C)=C/C(C)(C)C1CCCCC1. The van der Waals surface area contributed by atoms with Gasteiger partial charge in [0.15, 0.2) is 0 Å². The molecule has 0 spiro atoms. The van der Waals surface area contributed by atoms with Crippen LogP contribution < -0.4 is 0 Å². The Morgan fingerprint density at radius 2 is 1.79 bits per heavy atom. The van der Waals surface area contributed by atoms with Crippen LogP contribution in [0.25, 0.3) is 0 Å². The summed E-state index contributed by atoms with van der Waals surface area (Å²) in [6, 6.07) is 0. The van der Waals surface area contributed by atoms with Crippen LogP contribution in [0.5, 0.6) is 0 Å². The Balaban J connectivity index is 2.62. The largest absolute Gasteiger partial charge is 0.0797 e. The van der Waals surface area contributed by atoms with Gasteiger partial charge in [-0.25, -0.2) is 0 Å². The Hall–Kier alpha value is -0.260. The van der Waals surface area contributed by atoms with E-state index in [2.05, 4.69) is 33.8 Å². The summed E-state index contributed by atoms with van der Waals surface area (Å²) in [6.45, 7) is 9.36. The van der Waals surface area contributed by atoms with Gasteiger partial charge in [-0.05, 0) is 37.5 Å². The summed E-state index contributed by atoms with van der Waals surface area (Å²) in [5, 5.41) is 0. The van der Waals surface area contributed by atoms with Gasteiger partial charge in [0.1, 0.15) is 0 Å². The summed E-state index contributed by atoms with van der Waals surface area (Å²) >= 11 is 0. The summed E-state index contributed by atoms with van der Waals surface area (Å²) in [7, 11) is 0. The van der Waals surface area contributed by atoms with E-state index in [0.29, 0.717) is 5.41 Å². The molecule has 14 heavy (non-hydrogen) atoms. The van der Waals surface area contributed by atoms with Gasteiger partial charge in [-0.2, -0.15) is 0 Å². The Morgan fingerprint density at radius 3 is 2.29 bits per heavy atom. The van der Waals surface area contributed by atoms with E-state index in [9.17, 15) is 0 Å². The summed E-state index contributed by atoms with van der Waals surface area (Å²) < 4.78 is 0. The van der Waals surface area contributed by atoms with Crippen molar-refractivity contribution in [1.82, 2.24) is 0 Å². The second kappa shape index (κ2) is 5.00. The van der Waals surface area contributed by atoms with Gasteiger partial charge in [0, 0.05) is 0 Å². The third-order valence-corrected chi connectivity index (χ3v) is 3.83. The zero-order chi connectivity index (χ0) is 10.6. The van der Waals surface area contributed by atoms with Gasteiger partial charge in [0.2, 0.25) is 0 Å². The van der Waals surface area contributed by atoms with Gasteiger partial charge in [0.25, 0.3) is 0 Å². The lowest BCUT2D eigenvalue weighted by atomic mass is 9.70. The van der Waals surface area contributed by atoms with Crippen molar-refractivity contribution in [2.24, 2.45) is 11.3 Å². The predicted molar refractivity (Wildman–Crippen MR) is 64.4 cm³/mol. The lowest BCUT2D eigenvalue weighted by Crippen LogP contribution is -2.24. The molecule has 1 rings (SSSR count). The van der Waals surface area contributed by atoms with Gasteiger partial charge in [-0.15, -0.1) is 0 Å². The number of rotatable bonds is 3. The van der Waals surface area contributed by atoms with E-state index in [0.717, 1.165) is 5.92 Å². The molecule has 0 N–H and O–H groups in total. The molecule has 0 aromatic carbocycles. The smallest absolute Gasteiger partial charge is 0.0144 e. The molecular formula is C14H26. The van der Waals surface area contributed by atoms with Gasteiger partial charge >= 0.3 is 0 Å². The molecule has 0 atom stereocenters. The third kappa shape index (κ3) is 3.15. The zero-order valence-electron chi connectivity index (χ0n) is 10.4. The van der Waals surface area contributed by atoms with Crippen molar-refractivity contribution in [1.29, 1.82) is 0 Å². The van der Waals surface area contributed by atoms with Crippen molar-refractivity contribution in [3.05, 3.63) is 11.6 Å². The van der Waals surface area contributed by atoms with Gasteiger partial charge in [-0.1, -0.05) is 51.7 Å². The number of hydrogen-bond acceptors (Lipinski definition) is 0. The molecule has 0 amide bonds. The van der Waals surface area contributed by atoms with Crippen LogP contribution in [-0.2, 0) is 0 Å². The first-order valence-corrected chi connectivity index (χ1v) is 6.24. The molecule has 0 aromatic heterocycles. The third-order valence-electron chi connectivity index (χ3n) is 3.83. The molecule has 0 aliphatic heterocycles. The molecule has 0 heterocycles. The van der Waals surface area contributed by atoms with E-state index in [4.69, 9.17) is 0 Å². The van der Waals surface area contributed by atoms with Gasteiger partial charge < -0.3 is 0 Å². The fraction of sp³-hybridized carbons (Fsp3) is 0.857. The summed E-state index contributed by atoms with van der Waals surface area (Å²) in [6.07, 6.45) is 11.0. The minimum absolute atomic E-state index is 0.431. The summed E-state index contributed by atoms with van der Waals surface area (Å²) in [5.74, 6) is 0.928. The highest BCUT2D eigenvalue weighted by atomic mass is 14.3. The van der Waals surface area contributed by atoms with Crippen LogP contribution in [0.2, 0.25) is 0 Å². The van der Waals surface area contributed by atoms with Crippen LogP contribution in [0.4, 0.5) is 0 Å². The van der Waals surface area contributed by atoms with Crippen molar-refractivity contribution in [2.75, 3.05) is 0 Å². The predicted octanol–water partition coefficient (Wildman–Crippen LogP) is 4.95. The second-order valence-corrected chi connectivity index (χ2v) is 5.50. The van der Waals surface area contributed by atoms with Crippen molar-refractivity contribution < 1.29 is 0 Å². The quantitative estimate of drug-likeness (QED) is 0.558. The van der Waals surface area contributed by atoms with E-state index in [1.54, 1.807) is 5.57 Å². The maximum atomic E-state index is 2.52. The molecule has 1 saturated carbocycles. The Bertz CT molecular complexity index is 192. The highest BCUT2D eigenvalue weighted by Crippen LogP contribution is 2.39. The average Bonchev–Trinajstić information content (AvgIpc) is 2.18. The van der Waals surface area contributed by atoms with E-state index in [1.807, 2.05) is 0 Å². The molecular weight excluding hydrogens is 168 g/mol. The lowest BCUT2D eigenvalue weighted by molar-refractivity contribution is 0.209. The topological polar surface area (TPSA) is 0 Å². The summed E-state index contributed by atoms with van der Waals surface area (Å²) in [5.41, 5.74) is 1.99. The van der Waals surface area contributed by atoms with Crippen LogP contribution in [0.1, 0.15) is 66.2 Å². The molecule has 82 valence electrons. The molecule has 0 radical (unpaired) electrons. The standard InChI is InChI=1S/C14H26/c1-5-12(2)11-14(3,4)13-9-7-6-8-10-13/h11,13H,5-10H2,1-4H3/b12-11+. The van der Waals surface area contributed by atoms with Crippen molar-refractivity contribution >= 4 is 0 Å². The van der Waals surface area contributed by atoms with Crippen molar-refractivity contribution in [3.63, 3.8) is 0 Å². The molecule has 0 heteroatoms. The van der Waals surface area contributed by atoms with E-state index in [1.165, 1.54) is 38.5 Å². The maximum Gasteiger partial charge on any atom is -0.0144 e. The van der Waals surface area contributed by atoms with E-state index in [-0.39, 0.29) is 0 Å². The molecule has 0 saturated heterocycles. The fourth-order valence-corrected chi connectivity index (χ4v) is 2.70. The van der Waals surface area contributed by atoms with E-state index < -0.39 is 0 Å². The van der Waals surface area contributed by atoms with Crippen LogP contribution >= 0.6 is 0 Å². The first-order chi connectivity index (χ1) is 6.56. The van der Waals surface area contributed by atoms with Crippen LogP contribution in [0.3, 0.4) is 0 Å². The average molecular weight is 194 g/mol. The number of allylic oxidation sites excluding steroid dienone is 2. The summed E-state index contributed by atoms with van der Waals surface area (Å²) in [4.78, 5) is 0. The molecule has 0 bridgehead atoms. The van der Waals surface area contributed by atoms with Crippen LogP contribution in [0.15, 0.2) is 11.6 Å². The molecule has 1 aliphatic rings. The highest BCUT2D eigenvalue weighted by Gasteiger charge is 2.28. The lowest BCUT2D eigenvalue weighted by Gasteiger charge is -2.35. The van der Waals surface area contributed by atoms with Crippen LogP contribution in [-0.4, -0.2) is 0 Å². The highest BCUT2D eigenvalue weighted by molar-refractivity contribution is 5.06. The van der Waals surface area contributed by atoms with Crippen molar-refractivity contribution in [3.8, 4) is 0 Å². The first kappa shape index (κ1) is 11.8. The van der Waals surface area contributed by atoms with Gasteiger partial charge in [0.05, 0.1) is 0 Å². The maximum absolute atomic E-state index is 2.52. The van der Waals surface area contributed by atoms with Crippen molar-refractivity contribution in [2.45, 2.75) is 66.2 Å². The Morgan fingerprint density at radius 1 is 1.21 bits per heavy atom. The fourth-order valence-electron chi connectivity index (χ4n) is 2.70. The molecule has 1 aliphatic carbocycles. The second-order valence-electron chi connectivity index (χ2n) is 5.50. The van der Waals surface area contributed by atoms with Gasteiger partial charge in [-0.3, -0.25) is 0 Å². The Kier molecular flexibility index (Phi) is 4.22. The molecule has 0 unspecified atom stereocenters. The normalized spacial score (nSPS) is 21.3. The molecule has 1 fully saturated rings. The molecule has 0 nitrogen and oxygen atoms in total. The first-order valence-electron chi connectivity index (χ1n) is 6.24. The molecule has 0 aromatic rings. The Labute approximate surface area is 89.8 Å². The minimum atomic E-state index is 0.431.